The van der Waals surface area contributed by atoms with E-state index in [4.69, 9.17) is 16.7 Å². The van der Waals surface area contributed by atoms with Crippen LogP contribution in [0.15, 0.2) is 22.7 Å². The van der Waals surface area contributed by atoms with Gasteiger partial charge in [0.1, 0.15) is 0 Å². The Hall–Kier alpha value is -1.07. The number of carboxylic acid groups (broad SMARTS) is 1. The molecule has 4 nitrogen and oxygen atoms in total. The molecule has 0 spiro atoms. The topological polar surface area (TPSA) is 66.4 Å². The van der Waals surface area contributed by atoms with Gasteiger partial charge in [-0.2, -0.15) is 0 Å². The zero-order valence-electron chi connectivity index (χ0n) is 10.0. The molecular weight excluding hydrogens is 334 g/mol. The highest BCUT2D eigenvalue weighted by Gasteiger charge is 2.34. The number of benzene rings is 1. The van der Waals surface area contributed by atoms with Gasteiger partial charge in [-0.05, 0) is 52.9 Å². The molecule has 1 fully saturated rings. The van der Waals surface area contributed by atoms with Crippen molar-refractivity contribution in [3.63, 3.8) is 0 Å². The Morgan fingerprint density at radius 3 is 2.74 bits per heavy atom. The predicted molar refractivity (Wildman–Crippen MR) is 75.4 cm³/mol. The minimum atomic E-state index is -0.901. The van der Waals surface area contributed by atoms with Crippen LogP contribution in [0.3, 0.4) is 0 Å². The number of carbonyl (C=O) groups excluding carboxylic acids is 1. The predicted octanol–water partition coefficient (Wildman–Crippen LogP) is 3.09. The van der Waals surface area contributed by atoms with Crippen LogP contribution in [-0.4, -0.2) is 23.0 Å². The van der Waals surface area contributed by atoms with Crippen molar-refractivity contribution in [1.29, 1.82) is 0 Å². The summed E-state index contributed by atoms with van der Waals surface area (Å²) in [6.07, 6.45) is 1.89. The highest BCUT2D eigenvalue weighted by atomic mass is 79.9. The fourth-order valence-corrected chi connectivity index (χ4v) is 2.54. The Kier molecular flexibility index (Phi) is 4.47. The van der Waals surface area contributed by atoms with Crippen molar-refractivity contribution in [2.45, 2.75) is 25.3 Å². The average molecular weight is 347 g/mol. The molecule has 1 amide bonds. The first-order valence-electron chi connectivity index (χ1n) is 5.95. The second-order valence-corrected chi connectivity index (χ2v) is 5.93. The summed E-state index contributed by atoms with van der Waals surface area (Å²) in [6, 6.07) is 4.63. The lowest BCUT2D eigenvalue weighted by Gasteiger charge is -2.16. The van der Waals surface area contributed by atoms with Gasteiger partial charge < -0.3 is 10.4 Å². The lowest BCUT2D eigenvalue weighted by molar-refractivity contribution is -0.137. The van der Waals surface area contributed by atoms with Crippen LogP contribution in [0.1, 0.15) is 29.6 Å². The third kappa shape index (κ3) is 3.94. The maximum atomic E-state index is 12.1. The first-order valence-corrected chi connectivity index (χ1v) is 7.12. The van der Waals surface area contributed by atoms with Gasteiger partial charge in [0.2, 0.25) is 0 Å². The summed E-state index contributed by atoms with van der Waals surface area (Å²) >= 11 is 9.15. The first kappa shape index (κ1) is 14.3. The Balaban J connectivity index is 2.10. The quantitative estimate of drug-likeness (QED) is 0.861. The van der Waals surface area contributed by atoms with Crippen LogP contribution in [-0.2, 0) is 4.79 Å². The molecule has 1 atom stereocenters. The monoisotopic (exact) mass is 345 g/mol. The van der Waals surface area contributed by atoms with Crippen LogP contribution in [0.5, 0.6) is 0 Å². The molecule has 0 saturated heterocycles. The van der Waals surface area contributed by atoms with Gasteiger partial charge >= 0.3 is 5.97 Å². The van der Waals surface area contributed by atoms with Gasteiger partial charge in [-0.3, -0.25) is 9.59 Å². The van der Waals surface area contributed by atoms with E-state index in [9.17, 15) is 9.59 Å². The number of nitrogens with one attached hydrogen (secondary N) is 1. The molecule has 102 valence electrons. The first-order chi connectivity index (χ1) is 8.97. The van der Waals surface area contributed by atoms with Crippen LogP contribution < -0.4 is 5.32 Å². The number of hydrogen-bond acceptors (Lipinski definition) is 2. The summed E-state index contributed by atoms with van der Waals surface area (Å²) in [5, 5.41) is 12.1. The number of hydrogen-bond donors (Lipinski definition) is 2. The molecule has 1 aromatic carbocycles. The smallest absolute Gasteiger partial charge is 0.305 e. The summed E-state index contributed by atoms with van der Waals surface area (Å²) in [5.74, 6) is -0.923. The van der Waals surface area contributed by atoms with Gasteiger partial charge in [0.05, 0.1) is 12.0 Å². The normalized spacial score (nSPS) is 15.9. The summed E-state index contributed by atoms with van der Waals surface area (Å²) in [6.45, 7) is 0. The van der Waals surface area contributed by atoms with E-state index in [0.29, 0.717) is 15.1 Å². The molecule has 0 heterocycles. The Morgan fingerprint density at radius 1 is 1.47 bits per heavy atom. The molecule has 1 aliphatic rings. The van der Waals surface area contributed by atoms with E-state index in [-0.39, 0.29) is 24.3 Å². The Morgan fingerprint density at radius 2 is 2.16 bits per heavy atom. The lowest BCUT2D eigenvalue weighted by atomic mass is 10.1. The summed E-state index contributed by atoms with van der Waals surface area (Å²) in [5.41, 5.74) is 0.420. The second-order valence-electron chi connectivity index (χ2n) is 4.64. The number of halogens is 2. The van der Waals surface area contributed by atoms with E-state index in [1.165, 1.54) is 0 Å². The number of carbonyl (C=O) groups is 2. The molecule has 2 N–H and O–H groups in total. The third-order valence-electron chi connectivity index (χ3n) is 3.08. The SMILES string of the molecule is O=C(O)CC(NC(=O)c1cc(Cl)ccc1Br)C1CC1. The van der Waals surface area contributed by atoms with Crippen molar-refractivity contribution in [1.82, 2.24) is 5.32 Å². The van der Waals surface area contributed by atoms with Gasteiger partial charge in [0, 0.05) is 15.5 Å². The van der Waals surface area contributed by atoms with Gasteiger partial charge in [-0.1, -0.05) is 11.6 Å². The van der Waals surface area contributed by atoms with Crippen LogP contribution in [0.2, 0.25) is 5.02 Å². The maximum absolute atomic E-state index is 12.1. The van der Waals surface area contributed by atoms with Gasteiger partial charge in [-0.15, -0.1) is 0 Å². The standard InChI is InChI=1S/C13H13BrClNO3/c14-10-4-3-8(15)5-9(10)13(19)16-11(6-12(17)18)7-1-2-7/h3-5,7,11H,1-2,6H2,(H,16,19)(H,17,18). The van der Waals surface area contributed by atoms with Crippen LogP contribution in [0.25, 0.3) is 0 Å². The second kappa shape index (κ2) is 5.92. The van der Waals surface area contributed by atoms with Gasteiger partial charge in [0.25, 0.3) is 5.91 Å². The maximum Gasteiger partial charge on any atom is 0.305 e. The molecule has 1 saturated carbocycles. The Labute approximate surface area is 124 Å². The molecule has 0 aliphatic heterocycles. The van der Waals surface area contributed by atoms with Crippen LogP contribution >= 0.6 is 27.5 Å². The van der Waals surface area contributed by atoms with Crippen molar-refractivity contribution in [3.8, 4) is 0 Å². The molecular formula is C13H13BrClNO3. The van der Waals surface area contributed by atoms with Crippen molar-refractivity contribution >= 4 is 39.4 Å². The highest BCUT2D eigenvalue weighted by Crippen LogP contribution is 2.34. The fraction of sp³-hybridized carbons (Fsp3) is 0.385. The summed E-state index contributed by atoms with van der Waals surface area (Å²) < 4.78 is 0.638. The number of carboxylic acids is 1. The molecule has 6 heteroatoms. The Bertz CT molecular complexity index is 517. The van der Waals surface area contributed by atoms with E-state index >= 15 is 0 Å². The minimum Gasteiger partial charge on any atom is -0.481 e. The van der Waals surface area contributed by atoms with Gasteiger partial charge in [0.15, 0.2) is 0 Å². The molecule has 1 unspecified atom stereocenters. The number of aliphatic carboxylic acids is 1. The summed E-state index contributed by atoms with van der Waals surface area (Å²) in [7, 11) is 0. The van der Waals surface area contributed by atoms with E-state index < -0.39 is 5.97 Å². The summed E-state index contributed by atoms with van der Waals surface area (Å²) in [4.78, 5) is 22.9. The van der Waals surface area contributed by atoms with Crippen LogP contribution in [0.4, 0.5) is 0 Å². The van der Waals surface area contributed by atoms with Crippen LogP contribution in [0, 0.1) is 5.92 Å². The number of amides is 1. The van der Waals surface area contributed by atoms with Crippen molar-refractivity contribution < 1.29 is 14.7 Å². The fourth-order valence-electron chi connectivity index (χ4n) is 1.94. The molecule has 19 heavy (non-hydrogen) atoms. The molecule has 0 bridgehead atoms. The minimum absolute atomic E-state index is 0.0470. The third-order valence-corrected chi connectivity index (χ3v) is 4.00. The molecule has 1 aliphatic carbocycles. The van der Waals surface area contributed by atoms with E-state index in [1.54, 1.807) is 18.2 Å². The largest absolute Gasteiger partial charge is 0.481 e. The lowest BCUT2D eigenvalue weighted by Crippen LogP contribution is -2.38. The van der Waals surface area contributed by atoms with E-state index in [0.717, 1.165) is 12.8 Å². The number of rotatable bonds is 5. The zero-order valence-corrected chi connectivity index (χ0v) is 12.4. The van der Waals surface area contributed by atoms with E-state index in [2.05, 4.69) is 21.2 Å². The molecule has 2 rings (SSSR count). The van der Waals surface area contributed by atoms with Crippen molar-refractivity contribution in [2.75, 3.05) is 0 Å². The van der Waals surface area contributed by atoms with E-state index in [1.807, 2.05) is 0 Å². The van der Waals surface area contributed by atoms with Crippen molar-refractivity contribution in [2.24, 2.45) is 5.92 Å². The highest BCUT2D eigenvalue weighted by molar-refractivity contribution is 9.10. The zero-order chi connectivity index (χ0) is 14.0. The van der Waals surface area contributed by atoms with Gasteiger partial charge in [-0.25, -0.2) is 0 Å². The average Bonchev–Trinajstić information content (AvgIpc) is 3.14. The molecule has 0 aromatic heterocycles. The molecule has 1 aromatic rings. The molecule has 0 radical (unpaired) electrons. The van der Waals surface area contributed by atoms with Crippen molar-refractivity contribution in [3.05, 3.63) is 33.3 Å².